The first kappa shape index (κ1) is 29.5. The minimum atomic E-state index is -0.270. The third-order valence-corrected chi connectivity index (χ3v) is 8.82. The van der Waals surface area contributed by atoms with Crippen molar-refractivity contribution >= 4 is 51.9 Å². The molecule has 0 saturated carbocycles. The Kier molecular flexibility index (Phi) is 7.92. The number of halogens is 2. The normalized spacial score (nSPS) is 15.1. The van der Waals surface area contributed by atoms with Gasteiger partial charge in [0.25, 0.3) is 17.4 Å². The van der Waals surface area contributed by atoms with Gasteiger partial charge in [-0.3, -0.25) is 14.4 Å². The molecule has 3 aromatic carbocycles. The monoisotopic (exact) mass is 628 g/mol. The van der Waals surface area contributed by atoms with E-state index >= 15 is 0 Å². The number of H-pyrrole nitrogens is 1. The average Bonchev–Trinajstić information content (AvgIpc) is 3.50. The molecule has 0 saturated heterocycles. The highest BCUT2D eigenvalue weighted by atomic mass is 35.5. The molecule has 0 fully saturated rings. The zero-order valence-corrected chi connectivity index (χ0v) is 25.8. The molecule has 2 atom stereocenters. The van der Waals surface area contributed by atoms with Crippen molar-refractivity contribution < 1.29 is 9.59 Å². The Bertz CT molecular complexity index is 1970. The maximum Gasteiger partial charge on any atom is 0.263 e. The van der Waals surface area contributed by atoms with Crippen LogP contribution in [0.4, 0.5) is 5.95 Å². The van der Waals surface area contributed by atoms with Crippen LogP contribution in [0.2, 0.25) is 10.0 Å². The summed E-state index contributed by atoms with van der Waals surface area (Å²) < 4.78 is 1.54. The fraction of sp³-hybridized carbons (Fsp3) is 0.212. The van der Waals surface area contributed by atoms with Crippen molar-refractivity contribution in [3.63, 3.8) is 0 Å². The van der Waals surface area contributed by atoms with Gasteiger partial charge in [-0.05, 0) is 91.9 Å². The van der Waals surface area contributed by atoms with Crippen LogP contribution >= 0.6 is 23.2 Å². The molecule has 5 aromatic rings. The standard InChI is InChI=1S/C33H30Cl2N6O3/c1-18-14-25-29(17-40(18)31(43)23-6-10-26(34)27(35)16-23)39-33(38-19(2)21-7-11-28-22(15-21)12-13-37-28)41(32(25)44)24-8-4-20(5-9-24)30(42)36-3/h4-13,15-16,18-19,37H,14,17H2,1-3H3,(H,36,42)(H,38,39)/t18-,19+/m1/s1. The number of benzene rings is 3. The van der Waals surface area contributed by atoms with Crippen LogP contribution in [0.1, 0.15) is 57.4 Å². The summed E-state index contributed by atoms with van der Waals surface area (Å²) >= 11 is 12.3. The van der Waals surface area contributed by atoms with Crippen LogP contribution in [0.5, 0.6) is 0 Å². The predicted octanol–water partition coefficient (Wildman–Crippen LogP) is 6.14. The van der Waals surface area contributed by atoms with Crippen LogP contribution in [0.25, 0.3) is 16.6 Å². The number of aromatic nitrogens is 3. The first-order chi connectivity index (χ1) is 21.1. The van der Waals surface area contributed by atoms with Crippen LogP contribution in [0.3, 0.4) is 0 Å². The minimum Gasteiger partial charge on any atom is -0.361 e. The lowest BCUT2D eigenvalue weighted by Crippen LogP contribution is -2.46. The number of fused-ring (bicyclic) bond motifs is 2. The molecule has 0 aliphatic carbocycles. The third kappa shape index (κ3) is 5.44. The van der Waals surface area contributed by atoms with E-state index in [1.807, 2.05) is 38.2 Å². The van der Waals surface area contributed by atoms with Gasteiger partial charge in [0.05, 0.1) is 34.0 Å². The number of carbonyl (C=O) groups excluding carboxylic acids is 2. The Morgan fingerprint density at radius 3 is 2.48 bits per heavy atom. The Morgan fingerprint density at radius 1 is 1.00 bits per heavy atom. The van der Waals surface area contributed by atoms with Crippen molar-refractivity contribution in [3.05, 3.63) is 121 Å². The summed E-state index contributed by atoms with van der Waals surface area (Å²) in [6.45, 7) is 4.06. The Labute approximate surface area is 263 Å². The summed E-state index contributed by atoms with van der Waals surface area (Å²) in [6.07, 6.45) is 2.22. The zero-order chi connectivity index (χ0) is 31.1. The van der Waals surface area contributed by atoms with Gasteiger partial charge in [-0.1, -0.05) is 29.3 Å². The lowest BCUT2D eigenvalue weighted by Gasteiger charge is -2.35. The first-order valence-corrected chi connectivity index (χ1v) is 15.0. The lowest BCUT2D eigenvalue weighted by atomic mass is 9.98. The van der Waals surface area contributed by atoms with Gasteiger partial charge >= 0.3 is 0 Å². The fourth-order valence-electron chi connectivity index (χ4n) is 5.59. The van der Waals surface area contributed by atoms with Gasteiger partial charge in [0.2, 0.25) is 5.95 Å². The third-order valence-electron chi connectivity index (χ3n) is 8.08. The van der Waals surface area contributed by atoms with Crippen LogP contribution < -0.4 is 16.2 Å². The van der Waals surface area contributed by atoms with Gasteiger partial charge < -0.3 is 20.5 Å². The molecule has 2 amide bonds. The van der Waals surface area contributed by atoms with Crippen LogP contribution in [-0.2, 0) is 13.0 Å². The summed E-state index contributed by atoms with van der Waals surface area (Å²) in [4.78, 5) is 49.8. The molecule has 6 rings (SSSR count). The summed E-state index contributed by atoms with van der Waals surface area (Å²) in [7, 11) is 1.57. The number of rotatable bonds is 6. The van der Waals surface area contributed by atoms with Gasteiger partial charge in [-0.25, -0.2) is 9.55 Å². The Balaban J connectivity index is 1.41. The van der Waals surface area contributed by atoms with Crippen molar-refractivity contribution in [1.29, 1.82) is 0 Å². The molecule has 9 nitrogen and oxygen atoms in total. The average molecular weight is 630 g/mol. The molecule has 0 spiro atoms. The van der Waals surface area contributed by atoms with E-state index in [0.29, 0.717) is 50.5 Å². The highest BCUT2D eigenvalue weighted by molar-refractivity contribution is 6.42. The van der Waals surface area contributed by atoms with Gasteiger partial charge in [0.1, 0.15) is 0 Å². The highest BCUT2D eigenvalue weighted by Gasteiger charge is 2.32. The molecule has 11 heteroatoms. The topological polar surface area (TPSA) is 112 Å². The Hall–Kier alpha value is -4.60. The van der Waals surface area contributed by atoms with Crippen LogP contribution in [0, 0.1) is 0 Å². The van der Waals surface area contributed by atoms with E-state index in [0.717, 1.165) is 16.5 Å². The SMILES string of the molecule is CNC(=O)c1ccc(-n2c(N[C@@H](C)c3ccc4[nH]ccc4c3)nc3c(c2=O)C[C@@H](C)N(C(=O)c2ccc(Cl)c(Cl)c2)C3)cc1. The van der Waals surface area contributed by atoms with E-state index in [4.69, 9.17) is 28.2 Å². The van der Waals surface area contributed by atoms with Crippen LogP contribution in [-0.4, -0.2) is 44.3 Å². The van der Waals surface area contributed by atoms with Crippen molar-refractivity contribution in [3.8, 4) is 5.69 Å². The molecule has 2 aromatic heterocycles. The molecule has 3 N–H and O–H groups in total. The fourth-order valence-corrected chi connectivity index (χ4v) is 5.88. The second-order valence-electron chi connectivity index (χ2n) is 10.9. The van der Waals surface area contributed by atoms with E-state index < -0.39 is 0 Å². The number of anilines is 1. The molecule has 1 aliphatic heterocycles. The van der Waals surface area contributed by atoms with Crippen molar-refractivity contribution in [2.75, 3.05) is 12.4 Å². The number of amides is 2. The number of hydrogen-bond donors (Lipinski definition) is 3. The van der Waals surface area contributed by atoms with Crippen molar-refractivity contribution in [2.24, 2.45) is 0 Å². The van der Waals surface area contributed by atoms with E-state index in [2.05, 4.69) is 21.7 Å². The quantitative estimate of drug-likeness (QED) is 0.209. The number of nitrogens with zero attached hydrogens (tertiary/aromatic N) is 3. The zero-order valence-electron chi connectivity index (χ0n) is 24.3. The maximum atomic E-state index is 14.2. The van der Waals surface area contributed by atoms with Crippen molar-refractivity contribution in [1.82, 2.24) is 24.8 Å². The predicted molar refractivity (Wildman–Crippen MR) is 173 cm³/mol. The molecule has 0 radical (unpaired) electrons. The number of hydrogen-bond acceptors (Lipinski definition) is 5. The van der Waals surface area contributed by atoms with Gasteiger partial charge in [0.15, 0.2) is 0 Å². The van der Waals surface area contributed by atoms with E-state index in [1.54, 1.807) is 59.0 Å². The van der Waals surface area contributed by atoms with Gasteiger partial charge in [0, 0.05) is 41.5 Å². The van der Waals surface area contributed by atoms with Crippen LogP contribution in [0.15, 0.2) is 77.7 Å². The summed E-state index contributed by atoms with van der Waals surface area (Å²) in [5.74, 6) is -0.111. The molecular formula is C33H30Cl2N6O3. The Morgan fingerprint density at radius 2 is 1.75 bits per heavy atom. The lowest BCUT2D eigenvalue weighted by molar-refractivity contribution is 0.0653. The molecule has 0 bridgehead atoms. The number of nitrogens with one attached hydrogen (secondary N) is 3. The van der Waals surface area contributed by atoms with Gasteiger partial charge in [-0.15, -0.1) is 0 Å². The number of carbonyl (C=O) groups is 2. The van der Waals surface area contributed by atoms with E-state index in [9.17, 15) is 14.4 Å². The molecule has 224 valence electrons. The second kappa shape index (κ2) is 11.8. The molecule has 44 heavy (non-hydrogen) atoms. The highest BCUT2D eigenvalue weighted by Crippen LogP contribution is 2.29. The van der Waals surface area contributed by atoms with E-state index in [-0.39, 0.29) is 36.0 Å². The molecule has 1 aliphatic rings. The molecule has 0 unspecified atom stereocenters. The smallest absolute Gasteiger partial charge is 0.263 e. The first-order valence-electron chi connectivity index (χ1n) is 14.2. The summed E-state index contributed by atoms with van der Waals surface area (Å²) in [6, 6.07) is 19.2. The number of aromatic amines is 1. The minimum absolute atomic E-state index is 0.152. The largest absolute Gasteiger partial charge is 0.361 e. The summed E-state index contributed by atoms with van der Waals surface area (Å²) in [5, 5.41) is 7.80. The van der Waals surface area contributed by atoms with Crippen molar-refractivity contribution in [2.45, 2.75) is 38.9 Å². The maximum absolute atomic E-state index is 14.2. The molecule has 3 heterocycles. The molecular weight excluding hydrogens is 599 g/mol. The second-order valence-corrected chi connectivity index (χ2v) is 11.7. The summed E-state index contributed by atoms with van der Waals surface area (Å²) in [5.41, 5.74) is 4.32. The van der Waals surface area contributed by atoms with Gasteiger partial charge in [-0.2, -0.15) is 0 Å². The van der Waals surface area contributed by atoms with E-state index in [1.165, 1.54) is 0 Å².